The van der Waals surface area contributed by atoms with E-state index < -0.39 is 0 Å². The SMILES string of the molecule is C=CCn1c(COc2ccc(Cl)cc2Cl)nnc1SCC(=O)NC1CCCC1. The minimum absolute atomic E-state index is 0.0239. The van der Waals surface area contributed by atoms with E-state index in [2.05, 4.69) is 22.1 Å². The highest BCUT2D eigenvalue weighted by Crippen LogP contribution is 2.28. The molecule has 1 aromatic carbocycles. The van der Waals surface area contributed by atoms with Crippen molar-refractivity contribution in [2.75, 3.05) is 5.75 Å². The zero-order valence-electron chi connectivity index (χ0n) is 15.4. The fourth-order valence-electron chi connectivity index (χ4n) is 3.05. The molecule has 0 bridgehead atoms. The van der Waals surface area contributed by atoms with Crippen molar-refractivity contribution in [1.82, 2.24) is 20.1 Å². The van der Waals surface area contributed by atoms with Crippen LogP contribution in [0, 0.1) is 0 Å². The van der Waals surface area contributed by atoms with Crippen molar-refractivity contribution in [1.29, 1.82) is 0 Å². The molecule has 1 fully saturated rings. The van der Waals surface area contributed by atoms with Crippen molar-refractivity contribution in [3.05, 3.63) is 46.7 Å². The molecule has 1 aromatic heterocycles. The normalized spacial score (nSPS) is 14.2. The highest BCUT2D eigenvalue weighted by Gasteiger charge is 2.19. The Morgan fingerprint density at radius 1 is 1.36 bits per heavy atom. The highest BCUT2D eigenvalue weighted by molar-refractivity contribution is 7.99. The molecule has 9 heteroatoms. The van der Waals surface area contributed by atoms with E-state index in [1.165, 1.54) is 24.6 Å². The lowest BCUT2D eigenvalue weighted by molar-refractivity contribution is -0.119. The van der Waals surface area contributed by atoms with Crippen LogP contribution in [0.25, 0.3) is 0 Å². The number of carbonyl (C=O) groups excluding carboxylic acids is 1. The molecule has 0 unspecified atom stereocenters. The zero-order valence-corrected chi connectivity index (χ0v) is 17.7. The van der Waals surface area contributed by atoms with Crippen molar-refractivity contribution in [2.45, 2.75) is 50.0 Å². The maximum Gasteiger partial charge on any atom is 0.230 e. The third-order valence-electron chi connectivity index (χ3n) is 4.41. The average Bonchev–Trinajstić information content (AvgIpc) is 3.30. The van der Waals surface area contributed by atoms with Crippen LogP contribution >= 0.6 is 35.0 Å². The van der Waals surface area contributed by atoms with E-state index in [1.54, 1.807) is 24.3 Å². The van der Waals surface area contributed by atoms with E-state index in [0.717, 1.165) is 12.8 Å². The van der Waals surface area contributed by atoms with Crippen LogP contribution in [0.4, 0.5) is 0 Å². The quantitative estimate of drug-likeness (QED) is 0.459. The third-order valence-corrected chi connectivity index (χ3v) is 5.91. The number of thioether (sulfide) groups is 1. The van der Waals surface area contributed by atoms with Gasteiger partial charge in [0.25, 0.3) is 0 Å². The molecule has 28 heavy (non-hydrogen) atoms. The van der Waals surface area contributed by atoms with Crippen molar-refractivity contribution < 1.29 is 9.53 Å². The second-order valence-corrected chi connectivity index (χ2v) is 8.29. The molecule has 2 aromatic rings. The first-order valence-electron chi connectivity index (χ1n) is 9.10. The number of ether oxygens (including phenoxy) is 1. The predicted molar refractivity (Wildman–Crippen MR) is 112 cm³/mol. The van der Waals surface area contributed by atoms with Gasteiger partial charge in [0.1, 0.15) is 12.4 Å². The summed E-state index contributed by atoms with van der Waals surface area (Å²) in [6.07, 6.45) is 6.26. The fraction of sp³-hybridized carbons (Fsp3) is 0.421. The lowest BCUT2D eigenvalue weighted by Crippen LogP contribution is -2.33. The second kappa shape index (κ2) is 10.2. The second-order valence-electron chi connectivity index (χ2n) is 6.50. The molecular weight excluding hydrogens is 419 g/mol. The van der Waals surface area contributed by atoms with Crippen LogP contribution in [0.15, 0.2) is 36.0 Å². The minimum Gasteiger partial charge on any atom is -0.484 e. The Morgan fingerprint density at radius 2 is 2.14 bits per heavy atom. The Bertz CT molecular complexity index is 837. The summed E-state index contributed by atoms with van der Waals surface area (Å²) in [7, 11) is 0. The Hall–Kier alpha value is -1.70. The molecule has 3 rings (SSSR count). The summed E-state index contributed by atoms with van der Waals surface area (Å²) < 4.78 is 7.63. The van der Waals surface area contributed by atoms with Gasteiger partial charge in [0, 0.05) is 17.6 Å². The van der Waals surface area contributed by atoms with Crippen LogP contribution in [0.2, 0.25) is 10.0 Å². The van der Waals surface area contributed by atoms with Gasteiger partial charge in [-0.25, -0.2) is 0 Å². The molecule has 1 N–H and O–H groups in total. The van der Waals surface area contributed by atoms with E-state index in [4.69, 9.17) is 27.9 Å². The average molecular weight is 441 g/mol. The van der Waals surface area contributed by atoms with E-state index in [9.17, 15) is 4.79 Å². The van der Waals surface area contributed by atoms with Gasteiger partial charge in [-0.2, -0.15) is 0 Å². The number of rotatable bonds is 9. The minimum atomic E-state index is 0.0239. The molecule has 1 heterocycles. The van der Waals surface area contributed by atoms with Crippen molar-refractivity contribution in [2.24, 2.45) is 0 Å². The molecule has 1 aliphatic carbocycles. The number of benzene rings is 1. The van der Waals surface area contributed by atoms with Crippen LogP contribution in [0.3, 0.4) is 0 Å². The maximum absolute atomic E-state index is 12.2. The largest absolute Gasteiger partial charge is 0.484 e. The number of carbonyl (C=O) groups is 1. The van der Waals surface area contributed by atoms with Crippen molar-refractivity contribution >= 4 is 40.9 Å². The first-order chi connectivity index (χ1) is 13.6. The van der Waals surface area contributed by atoms with Gasteiger partial charge in [0.2, 0.25) is 5.91 Å². The van der Waals surface area contributed by atoms with E-state index in [1.807, 2.05) is 4.57 Å². The highest BCUT2D eigenvalue weighted by atomic mass is 35.5. The standard InChI is InChI=1S/C19H22Cl2N4O2S/c1-2-9-25-17(11-27-16-8-7-13(20)10-15(16)21)23-24-19(25)28-12-18(26)22-14-5-3-4-6-14/h2,7-8,10,14H,1,3-6,9,11-12H2,(H,22,26). The zero-order chi connectivity index (χ0) is 19.9. The van der Waals surface area contributed by atoms with Crippen LogP contribution in [0.5, 0.6) is 5.75 Å². The molecule has 0 saturated heterocycles. The molecular formula is C19H22Cl2N4O2S. The molecule has 0 aliphatic heterocycles. The Balaban J connectivity index is 1.60. The molecule has 1 aliphatic rings. The molecule has 0 radical (unpaired) electrons. The van der Waals surface area contributed by atoms with E-state index >= 15 is 0 Å². The van der Waals surface area contributed by atoms with Gasteiger partial charge in [-0.15, -0.1) is 16.8 Å². The van der Waals surface area contributed by atoms with Crippen molar-refractivity contribution in [3.8, 4) is 5.75 Å². The topological polar surface area (TPSA) is 69.0 Å². The molecule has 6 nitrogen and oxygen atoms in total. The van der Waals surface area contributed by atoms with Crippen LogP contribution < -0.4 is 10.1 Å². The van der Waals surface area contributed by atoms with Gasteiger partial charge >= 0.3 is 0 Å². The van der Waals surface area contributed by atoms with Gasteiger partial charge in [0.15, 0.2) is 11.0 Å². The smallest absolute Gasteiger partial charge is 0.230 e. The van der Waals surface area contributed by atoms with Crippen LogP contribution in [-0.4, -0.2) is 32.5 Å². The molecule has 1 amide bonds. The Labute approximate surface area is 178 Å². The van der Waals surface area contributed by atoms with Gasteiger partial charge in [-0.05, 0) is 31.0 Å². The number of halogens is 2. The first kappa shape index (κ1) is 21.0. The van der Waals surface area contributed by atoms with E-state index in [0.29, 0.717) is 45.1 Å². The molecule has 1 saturated carbocycles. The van der Waals surface area contributed by atoms with Crippen molar-refractivity contribution in [3.63, 3.8) is 0 Å². The molecule has 0 spiro atoms. The summed E-state index contributed by atoms with van der Waals surface area (Å²) in [6.45, 7) is 4.49. The number of aromatic nitrogens is 3. The number of nitrogens with zero attached hydrogens (tertiary/aromatic N) is 3. The summed E-state index contributed by atoms with van der Waals surface area (Å²) in [5.41, 5.74) is 0. The molecule has 150 valence electrons. The number of hydrogen-bond donors (Lipinski definition) is 1. The number of hydrogen-bond acceptors (Lipinski definition) is 5. The summed E-state index contributed by atoms with van der Waals surface area (Å²) >= 11 is 13.4. The summed E-state index contributed by atoms with van der Waals surface area (Å²) in [6, 6.07) is 5.35. The number of allylic oxidation sites excluding steroid dienone is 1. The van der Waals surface area contributed by atoms with Gasteiger partial charge < -0.3 is 10.1 Å². The summed E-state index contributed by atoms with van der Waals surface area (Å²) in [4.78, 5) is 12.2. The third kappa shape index (κ3) is 5.65. The Kier molecular flexibility index (Phi) is 7.65. The number of amides is 1. The van der Waals surface area contributed by atoms with Gasteiger partial charge in [-0.3, -0.25) is 9.36 Å². The van der Waals surface area contributed by atoms with Gasteiger partial charge in [-0.1, -0.05) is 53.9 Å². The monoisotopic (exact) mass is 440 g/mol. The summed E-state index contributed by atoms with van der Waals surface area (Å²) in [5, 5.41) is 13.1. The van der Waals surface area contributed by atoms with Gasteiger partial charge in [0.05, 0.1) is 10.8 Å². The Morgan fingerprint density at radius 3 is 2.86 bits per heavy atom. The lowest BCUT2D eigenvalue weighted by Gasteiger charge is -2.12. The van der Waals surface area contributed by atoms with Crippen LogP contribution in [-0.2, 0) is 17.9 Å². The lowest BCUT2D eigenvalue weighted by atomic mass is 10.2. The predicted octanol–water partition coefficient (Wildman–Crippen LogP) is 4.50. The van der Waals surface area contributed by atoms with E-state index in [-0.39, 0.29) is 12.5 Å². The number of nitrogens with one attached hydrogen (secondary N) is 1. The maximum atomic E-state index is 12.2. The summed E-state index contributed by atoms with van der Waals surface area (Å²) in [5.74, 6) is 1.47. The first-order valence-corrected chi connectivity index (χ1v) is 10.8. The van der Waals surface area contributed by atoms with Crippen LogP contribution in [0.1, 0.15) is 31.5 Å². The fourth-order valence-corrected chi connectivity index (χ4v) is 4.29. The molecule has 0 atom stereocenters.